The van der Waals surface area contributed by atoms with Gasteiger partial charge in [0.25, 0.3) is 11.5 Å². The summed E-state index contributed by atoms with van der Waals surface area (Å²) in [5.74, 6) is 1.08. The molecular weight excluding hydrogens is 890 g/mol. The Bertz CT molecular complexity index is 2690. The summed E-state index contributed by atoms with van der Waals surface area (Å²) >= 11 is 0. The molecule has 1 atom stereocenters. The van der Waals surface area contributed by atoms with E-state index in [9.17, 15) is 19.2 Å². The molecule has 0 saturated carbocycles. The van der Waals surface area contributed by atoms with E-state index >= 15 is 4.39 Å². The molecule has 17 heteroatoms. The number of H-pyrrole nitrogens is 1. The number of likely N-dealkylation sites (tertiary alicyclic amines) is 2. The maximum atomic E-state index is 15.1. The van der Waals surface area contributed by atoms with E-state index < -0.39 is 11.7 Å². The smallest absolute Gasteiger partial charge is 0.272 e. The van der Waals surface area contributed by atoms with Crippen molar-refractivity contribution >= 4 is 28.5 Å². The van der Waals surface area contributed by atoms with Crippen molar-refractivity contribution in [2.75, 3.05) is 111 Å². The molecule has 3 amide bonds. The second kappa shape index (κ2) is 21.9. The Hall–Kier alpha value is -6.14. The summed E-state index contributed by atoms with van der Waals surface area (Å²) in [6.07, 6.45) is 7.96. The molecule has 4 saturated heterocycles. The van der Waals surface area contributed by atoms with Crippen LogP contribution in [-0.2, 0) is 29.1 Å². The highest BCUT2D eigenvalue weighted by atomic mass is 19.1. The van der Waals surface area contributed by atoms with Crippen LogP contribution in [0.4, 0.5) is 4.39 Å². The Morgan fingerprint density at radius 2 is 1.49 bits per heavy atom. The van der Waals surface area contributed by atoms with Crippen molar-refractivity contribution in [3.8, 4) is 5.75 Å². The number of fused-ring (bicyclic) bond motifs is 2. The third-order valence-electron chi connectivity index (χ3n) is 15.2. The topological polar surface area (TPSA) is 155 Å². The summed E-state index contributed by atoms with van der Waals surface area (Å²) in [7, 11) is 0. The molecule has 7 heterocycles. The first kappa shape index (κ1) is 47.5. The van der Waals surface area contributed by atoms with Crippen LogP contribution in [0.5, 0.6) is 5.75 Å². The number of nitrogens with one attached hydrogen (secondary N) is 1. The fourth-order valence-corrected chi connectivity index (χ4v) is 11.1. The van der Waals surface area contributed by atoms with Gasteiger partial charge in [-0.15, -0.1) is 0 Å². The van der Waals surface area contributed by atoms with E-state index in [0.29, 0.717) is 92.7 Å². The third-order valence-corrected chi connectivity index (χ3v) is 15.2. The third kappa shape index (κ3) is 11.4. The van der Waals surface area contributed by atoms with Crippen LogP contribution in [0.25, 0.3) is 10.8 Å². The average molecular weight is 954 g/mol. The minimum absolute atomic E-state index is 0.00417. The number of aromatic amines is 1. The van der Waals surface area contributed by atoms with E-state index in [1.54, 1.807) is 35.5 Å². The van der Waals surface area contributed by atoms with Crippen molar-refractivity contribution in [1.29, 1.82) is 0 Å². The molecule has 16 nitrogen and oxygen atoms in total. The van der Waals surface area contributed by atoms with Crippen LogP contribution >= 0.6 is 0 Å². The summed E-state index contributed by atoms with van der Waals surface area (Å²) < 4.78 is 21.4. The number of halogens is 1. The van der Waals surface area contributed by atoms with Crippen LogP contribution < -0.4 is 10.3 Å². The average Bonchev–Trinajstić information content (AvgIpc) is 3.81. The Kier molecular flexibility index (Phi) is 14.9. The highest BCUT2D eigenvalue weighted by Crippen LogP contribution is 2.30. The monoisotopic (exact) mass is 954 g/mol. The maximum Gasteiger partial charge on any atom is 0.272 e. The van der Waals surface area contributed by atoms with Gasteiger partial charge in [-0.05, 0) is 86.1 Å². The number of rotatable bonds is 14. The van der Waals surface area contributed by atoms with Gasteiger partial charge in [-0.25, -0.2) is 19.5 Å². The summed E-state index contributed by atoms with van der Waals surface area (Å²) in [6, 6.07) is 20.2. The highest BCUT2D eigenvalue weighted by Gasteiger charge is 2.31. The highest BCUT2D eigenvalue weighted by molar-refractivity contribution is 5.95. The molecule has 0 bridgehead atoms. The first-order valence-electron chi connectivity index (χ1n) is 25.2. The molecule has 0 aliphatic carbocycles. The number of hydrogen-bond donors (Lipinski definition) is 1. The maximum absolute atomic E-state index is 15.1. The molecule has 10 rings (SSSR count). The van der Waals surface area contributed by atoms with Gasteiger partial charge in [0.15, 0.2) is 0 Å². The largest absolute Gasteiger partial charge is 0.492 e. The van der Waals surface area contributed by atoms with Crippen LogP contribution in [0, 0.1) is 11.7 Å². The van der Waals surface area contributed by atoms with Gasteiger partial charge in [0, 0.05) is 121 Å². The number of piperazine rings is 2. The second-order valence-electron chi connectivity index (χ2n) is 19.8. The van der Waals surface area contributed by atoms with Crippen molar-refractivity contribution in [2.45, 2.75) is 51.1 Å². The number of benzene rings is 3. The van der Waals surface area contributed by atoms with Gasteiger partial charge in [-0.3, -0.25) is 33.9 Å². The minimum atomic E-state index is -0.589. The first-order valence-corrected chi connectivity index (χ1v) is 25.2. The van der Waals surface area contributed by atoms with Crippen molar-refractivity contribution in [3.05, 3.63) is 129 Å². The second-order valence-corrected chi connectivity index (χ2v) is 19.8. The number of nitrogens with zero attached hydrogens (tertiary/aromatic N) is 10. The molecule has 70 heavy (non-hydrogen) atoms. The van der Waals surface area contributed by atoms with E-state index in [-0.39, 0.29) is 22.9 Å². The minimum Gasteiger partial charge on any atom is -0.492 e. The van der Waals surface area contributed by atoms with Crippen LogP contribution in [0.1, 0.15) is 70.0 Å². The number of amides is 3. The molecule has 1 N–H and O–H groups in total. The lowest BCUT2D eigenvalue weighted by Crippen LogP contribution is -2.53. The van der Waals surface area contributed by atoms with E-state index in [1.807, 2.05) is 34.2 Å². The van der Waals surface area contributed by atoms with Crippen LogP contribution in [0.3, 0.4) is 0 Å². The quantitative estimate of drug-likeness (QED) is 0.172. The lowest BCUT2D eigenvalue weighted by atomic mass is 9.90. The summed E-state index contributed by atoms with van der Waals surface area (Å²) in [5, 5.41) is 8.02. The number of piperidine rings is 2. The van der Waals surface area contributed by atoms with Gasteiger partial charge in [-0.1, -0.05) is 36.4 Å². The molecule has 0 radical (unpaired) electrons. The summed E-state index contributed by atoms with van der Waals surface area (Å²) in [4.78, 5) is 76.1. The van der Waals surface area contributed by atoms with Gasteiger partial charge in [-0.2, -0.15) is 5.10 Å². The van der Waals surface area contributed by atoms with E-state index in [4.69, 9.17) is 4.74 Å². The lowest BCUT2D eigenvalue weighted by Gasteiger charge is -2.39. The van der Waals surface area contributed by atoms with E-state index in [1.165, 1.54) is 11.6 Å². The van der Waals surface area contributed by atoms with Crippen LogP contribution in [0.15, 0.2) is 84.0 Å². The zero-order valence-electron chi connectivity index (χ0n) is 40.0. The zero-order valence-corrected chi connectivity index (χ0v) is 40.0. The molecule has 368 valence electrons. The zero-order chi connectivity index (χ0) is 48.0. The SMILES string of the molecule is O=C(CN1CCC(CN2CCN(CCOc3cccc([C@H]4CCCN(C(=O)CN5Cc6cncnc6C5)C4)c3)CC2)CC1)N1CCN(C(=O)c2cc(Cc3n[nH]c(=O)c4ccccc34)ccc2F)CC1. The number of carbonyl (C=O) groups excluding carboxylic acids is 3. The Labute approximate surface area is 408 Å². The van der Waals surface area contributed by atoms with Crippen LogP contribution in [-0.4, -0.2) is 184 Å². The van der Waals surface area contributed by atoms with Crippen LogP contribution in [0.2, 0.25) is 0 Å². The molecule has 0 unspecified atom stereocenters. The van der Waals surface area contributed by atoms with E-state index in [2.05, 4.69) is 58.0 Å². The normalized spacial score (nSPS) is 20.0. The molecular formula is C53H64FN11O5. The number of carbonyl (C=O) groups is 3. The van der Waals surface area contributed by atoms with Crippen molar-refractivity contribution < 1.29 is 23.5 Å². The number of hydrogen-bond acceptors (Lipinski definition) is 12. The molecule has 4 fully saturated rings. The number of aromatic nitrogens is 4. The van der Waals surface area contributed by atoms with Gasteiger partial charge in [0.05, 0.1) is 35.4 Å². The lowest BCUT2D eigenvalue weighted by molar-refractivity contribution is -0.134. The molecule has 5 aliphatic heterocycles. The van der Waals surface area contributed by atoms with Gasteiger partial charge < -0.3 is 24.3 Å². The fourth-order valence-electron chi connectivity index (χ4n) is 11.1. The summed E-state index contributed by atoms with van der Waals surface area (Å²) in [6.45, 7) is 13.8. The fraction of sp³-hybridized carbons (Fsp3) is 0.491. The Balaban J connectivity index is 0.600. The van der Waals surface area contributed by atoms with E-state index in [0.717, 1.165) is 115 Å². The standard InChI is InChI=1S/C53H64FN11O5/c54-47-11-10-39(28-48-44-8-1-2-9-45(44)52(68)58-57-48)27-46(47)53(69)64-23-21-63(22-24-64)50(66)35-60-15-12-38(13-16-60)31-61-19-17-59(18-20-61)25-26-70-43-7-3-5-40(29-43)41-6-4-14-65(33-41)51(67)36-62-32-42-30-55-37-56-49(42)34-62/h1-3,5,7-11,27,29-30,37-38,41H,4,6,12-26,28,31-36H2,(H,58,68)/t41-/m0/s1. The van der Waals surface area contributed by atoms with Gasteiger partial charge in [0.2, 0.25) is 11.8 Å². The Morgan fingerprint density at radius 3 is 2.30 bits per heavy atom. The predicted octanol–water partition coefficient (Wildman–Crippen LogP) is 3.86. The summed E-state index contributed by atoms with van der Waals surface area (Å²) in [5.41, 5.74) is 4.44. The van der Waals surface area contributed by atoms with Crippen molar-refractivity contribution in [2.24, 2.45) is 5.92 Å². The van der Waals surface area contributed by atoms with Gasteiger partial charge in [0.1, 0.15) is 24.5 Å². The predicted molar refractivity (Wildman–Crippen MR) is 263 cm³/mol. The number of ether oxygens (including phenoxy) is 1. The molecule has 2 aromatic heterocycles. The van der Waals surface area contributed by atoms with Gasteiger partial charge >= 0.3 is 0 Å². The molecule has 5 aromatic rings. The van der Waals surface area contributed by atoms with Crippen molar-refractivity contribution in [3.63, 3.8) is 0 Å². The molecule has 5 aliphatic rings. The molecule has 3 aromatic carbocycles. The first-order chi connectivity index (χ1) is 34.2. The van der Waals surface area contributed by atoms with Crippen molar-refractivity contribution in [1.82, 2.24) is 54.5 Å². The molecule has 0 spiro atoms. The Morgan fingerprint density at radius 1 is 0.729 bits per heavy atom.